The Morgan fingerprint density at radius 2 is 0.871 bits per heavy atom. The van der Waals surface area contributed by atoms with Crippen molar-refractivity contribution < 1.29 is 4.42 Å². The number of hydrogen-bond donors (Lipinski definition) is 0. The maximum Gasteiger partial charge on any atom is 0.159 e. The summed E-state index contributed by atoms with van der Waals surface area (Å²) in [6, 6.07) is 84.5. The number of hydrogen-bond acceptors (Lipinski definition) is 3. The van der Waals surface area contributed by atoms with Gasteiger partial charge in [0, 0.05) is 55.7 Å². The molecule has 0 aliphatic rings. The molecule has 4 heteroatoms. The van der Waals surface area contributed by atoms with Crippen molar-refractivity contribution >= 4 is 88.6 Å². The zero-order chi connectivity index (χ0) is 41.0. The van der Waals surface area contributed by atoms with E-state index in [1.165, 1.54) is 32.6 Å². The number of furan rings is 1. The first-order valence-electron chi connectivity index (χ1n) is 21.1. The fourth-order valence-corrected chi connectivity index (χ4v) is 9.32. The minimum atomic E-state index is 0.870. The van der Waals surface area contributed by atoms with E-state index in [2.05, 4.69) is 239 Å². The van der Waals surface area contributed by atoms with Crippen LogP contribution in [0.3, 0.4) is 0 Å². The van der Waals surface area contributed by atoms with Crippen LogP contribution >= 0.6 is 0 Å². The number of nitrogens with zero attached hydrogens (tertiary/aromatic N) is 3. The summed E-state index contributed by atoms with van der Waals surface area (Å²) in [6.45, 7) is 0. The van der Waals surface area contributed by atoms with Gasteiger partial charge in [-0.25, -0.2) is 0 Å². The standard InChI is InChI=1S/C58H39N3O/c1-4-16-43(17-5-1)59(48-36-38-53-52(39-48)57-49-22-11-10-15-42(49)31-37-54(57)61(53)45-20-8-3-9-21-45)46-32-27-40(28-33-46)41-29-34-47(35-30-41)60(44-18-6-2-7-19-44)55-25-14-24-51-50-23-12-13-26-56(50)62-58(51)55/h1-39H. The normalized spacial score (nSPS) is 11.5. The lowest BCUT2D eigenvalue weighted by atomic mass is 10.0. The number of anilines is 6. The third-order valence-corrected chi connectivity index (χ3v) is 12.1. The molecule has 2 heterocycles. The van der Waals surface area contributed by atoms with Gasteiger partial charge in [-0.15, -0.1) is 0 Å². The van der Waals surface area contributed by atoms with Crippen LogP contribution in [-0.4, -0.2) is 4.57 Å². The molecule has 0 spiro atoms. The summed E-state index contributed by atoms with van der Waals surface area (Å²) in [6.07, 6.45) is 0. The smallest absolute Gasteiger partial charge is 0.159 e. The van der Waals surface area contributed by atoms with Crippen molar-refractivity contribution in [1.82, 2.24) is 4.57 Å². The largest absolute Gasteiger partial charge is 0.454 e. The van der Waals surface area contributed by atoms with Crippen molar-refractivity contribution in [2.24, 2.45) is 0 Å². The van der Waals surface area contributed by atoms with Crippen molar-refractivity contribution in [2.45, 2.75) is 0 Å². The summed E-state index contributed by atoms with van der Waals surface area (Å²) in [5.74, 6) is 0. The molecule has 0 fully saturated rings. The highest BCUT2D eigenvalue weighted by atomic mass is 16.3. The van der Waals surface area contributed by atoms with Gasteiger partial charge in [-0.2, -0.15) is 0 Å². The average Bonchev–Trinajstić information content (AvgIpc) is 3.90. The molecule has 0 atom stereocenters. The van der Waals surface area contributed by atoms with Gasteiger partial charge in [-0.1, -0.05) is 140 Å². The maximum atomic E-state index is 6.52. The fourth-order valence-electron chi connectivity index (χ4n) is 9.32. The van der Waals surface area contributed by atoms with E-state index in [1.54, 1.807) is 0 Å². The second-order valence-corrected chi connectivity index (χ2v) is 15.7. The van der Waals surface area contributed by atoms with Crippen molar-refractivity contribution in [3.63, 3.8) is 0 Å². The van der Waals surface area contributed by atoms with Gasteiger partial charge in [0.25, 0.3) is 0 Å². The minimum Gasteiger partial charge on any atom is -0.454 e. The summed E-state index contributed by atoms with van der Waals surface area (Å²) in [5, 5.41) is 7.19. The first kappa shape index (κ1) is 35.6. The van der Waals surface area contributed by atoms with E-state index >= 15 is 0 Å². The molecule has 0 saturated heterocycles. The van der Waals surface area contributed by atoms with Gasteiger partial charge in [-0.3, -0.25) is 0 Å². The first-order chi connectivity index (χ1) is 30.8. The van der Waals surface area contributed by atoms with Gasteiger partial charge in [0.05, 0.1) is 16.7 Å². The van der Waals surface area contributed by atoms with Crippen molar-refractivity contribution in [2.75, 3.05) is 9.80 Å². The van der Waals surface area contributed by atoms with Crippen LogP contribution in [0.5, 0.6) is 0 Å². The van der Waals surface area contributed by atoms with Crippen LogP contribution in [0.1, 0.15) is 0 Å². The molecule has 10 aromatic carbocycles. The van der Waals surface area contributed by atoms with E-state index in [0.29, 0.717) is 0 Å². The number of benzene rings is 10. The van der Waals surface area contributed by atoms with Gasteiger partial charge in [0.1, 0.15) is 5.58 Å². The molecule has 2 aromatic heterocycles. The lowest BCUT2D eigenvalue weighted by molar-refractivity contribution is 0.669. The molecule has 12 aromatic rings. The second-order valence-electron chi connectivity index (χ2n) is 15.7. The Morgan fingerprint density at radius 3 is 1.58 bits per heavy atom. The molecule has 292 valence electrons. The summed E-state index contributed by atoms with van der Waals surface area (Å²) in [5.41, 5.74) is 14.0. The van der Waals surface area contributed by atoms with Crippen LogP contribution in [0.15, 0.2) is 241 Å². The molecule has 0 aliphatic carbocycles. The monoisotopic (exact) mass is 793 g/mol. The summed E-state index contributed by atoms with van der Waals surface area (Å²) in [7, 11) is 0. The Balaban J connectivity index is 0.937. The molecule has 0 amide bonds. The van der Waals surface area contributed by atoms with E-state index < -0.39 is 0 Å². The Bertz CT molecular complexity index is 3560. The molecule has 0 aliphatic heterocycles. The molecule has 0 radical (unpaired) electrons. The minimum absolute atomic E-state index is 0.870. The van der Waals surface area contributed by atoms with Crippen LogP contribution in [0.25, 0.3) is 71.3 Å². The van der Waals surface area contributed by atoms with Crippen molar-refractivity contribution in [1.29, 1.82) is 0 Å². The Hall–Kier alpha value is -8.34. The van der Waals surface area contributed by atoms with Gasteiger partial charge >= 0.3 is 0 Å². The number of para-hydroxylation sites is 5. The fraction of sp³-hybridized carbons (Fsp3) is 0. The first-order valence-corrected chi connectivity index (χ1v) is 21.1. The number of aromatic nitrogens is 1. The van der Waals surface area contributed by atoms with Crippen LogP contribution in [0.2, 0.25) is 0 Å². The molecular formula is C58H39N3O. The molecular weight excluding hydrogens is 755 g/mol. The lowest BCUT2D eigenvalue weighted by Gasteiger charge is -2.26. The predicted octanol–water partition coefficient (Wildman–Crippen LogP) is 16.4. The second kappa shape index (κ2) is 14.7. The van der Waals surface area contributed by atoms with E-state index in [1.807, 2.05) is 12.1 Å². The summed E-state index contributed by atoms with van der Waals surface area (Å²) in [4.78, 5) is 4.64. The zero-order valence-electron chi connectivity index (χ0n) is 33.8. The quantitative estimate of drug-likeness (QED) is 0.153. The molecule has 0 N–H and O–H groups in total. The molecule has 0 bridgehead atoms. The van der Waals surface area contributed by atoms with E-state index in [-0.39, 0.29) is 0 Å². The van der Waals surface area contributed by atoms with Crippen LogP contribution in [0, 0.1) is 0 Å². The van der Waals surface area contributed by atoms with Gasteiger partial charge < -0.3 is 18.8 Å². The molecule has 62 heavy (non-hydrogen) atoms. The van der Waals surface area contributed by atoms with Crippen LogP contribution in [-0.2, 0) is 0 Å². The van der Waals surface area contributed by atoms with E-state index in [0.717, 1.165) is 72.9 Å². The van der Waals surface area contributed by atoms with Gasteiger partial charge in [-0.05, 0) is 119 Å². The van der Waals surface area contributed by atoms with E-state index in [9.17, 15) is 0 Å². The molecule has 4 nitrogen and oxygen atoms in total. The third kappa shape index (κ3) is 5.92. The Kier molecular flexibility index (Phi) is 8.46. The van der Waals surface area contributed by atoms with Crippen molar-refractivity contribution in [3.05, 3.63) is 237 Å². The van der Waals surface area contributed by atoms with Crippen molar-refractivity contribution in [3.8, 4) is 16.8 Å². The SMILES string of the molecule is c1ccc(N(c2ccc(-c3ccc(N(c4ccccc4)c4cccc5c4oc4ccccc45)cc3)cc2)c2ccc3c(c2)c2c4ccccc4ccc2n3-c2ccccc2)cc1. The topological polar surface area (TPSA) is 24.6 Å². The number of fused-ring (bicyclic) bond motifs is 8. The highest BCUT2D eigenvalue weighted by Crippen LogP contribution is 2.44. The highest BCUT2D eigenvalue weighted by molar-refractivity contribution is 6.22. The number of rotatable bonds is 8. The summed E-state index contributed by atoms with van der Waals surface area (Å²) >= 11 is 0. The predicted molar refractivity (Wildman–Crippen MR) is 260 cm³/mol. The maximum absolute atomic E-state index is 6.52. The third-order valence-electron chi connectivity index (χ3n) is 12.1. The Labute approximate surface area is 359 Å². The summed E-state index contributed by atoms with van der Waals surface area (Å²) < 4.78 is 8.92. The average molecular weight is 794 g/mol. The highest BCUT2D eigenvalue weighted by Gasteiger charge is 2.21. The van der Waals surface area contributed by atoms with E-state index in [4.69, 9.17) is 4.42 Å². The van der Waals surface area contributed by atoms with Gasteiger partial charge in [0.15, 0.2) is 5.58 Å². The van der Waals surface area contributed by atoms with Crippen LogP contribution < -0.4 is 9.80 Å². The zero-order valence-corrected chi connectivity index (χ0v) is 33.8. The Morgan fingerprint density at radius 1 is 0.339 bits per heavy atom. The van der Waals surface area contributed by atoms with Gasteiger partial charge in [0.2, 0.25) is 0 Å². The molecule has 0 saturated carbocycles. The lowest BCUT2D eigenvalue weighted by Crippen LogP contribution is -2.10. The molecule has 0 unspecified atom stereocenters. The molecule has 12 rings (SSSR count). The van der Waals surface area contributed by atoms with Crippen LogP contribution in [0.4, 0.5) is 34.1 Å².